The molecule has 9 heteroatoms. The Morgan fingerprint density at radius 3 is 2.27 bits per heavy atom. The fourth-order valence-electron chi connectivity index (χ4n) is 3.91. The topological polar surface area (TPSA) is 56.1 Å². The van der Waals surface area contributed by atoms with Crippen LogP contribution in [0.3, 0.4) is 0 Å². The smallest absolute Gasteiger partial charge is 0.353 e. The second-order valence-corrected chi connectivity index (χ2v) is 7.89. The molecular weight excluding hydrogens is 434 g/mol. The third-order valence-corrected chi connectivity index (χ3v) is 5.53. The van der Waals surface area contributed by atoms with Crippen molar-refractivity contribution in [2.45, 2.75) is 13.1 Å². The summed E-state index contributed by atoms with van der Waals surface area (Å²) in [5.41, 5.74) is 2.54. The number of rotatable bonds is 4. The molecule has 0 aliphatic carbocycles. The van der Waals surface area contributed by atoms with Gasteiger partial charge in [-0.15, -0.1) is 0 Å². The van der Waals surface area contributed by atoms with E-state index in [0.717, 1.165) is 5.56 Å². The van der Waals surface area contributed by atoms with Gasteiger partial charge in [0.1, 0.15) is 11.6 Å². The van der Waals surface area contributed by atoms with Gasteiger partial charge in [-0.05, 0) is 36.8 Å². The Kier molecular flexibility index (Phi) is 6.29. The van der Waals surface area contributed by atoms with Crippen LogP contribution in [0.25, 0.3) is 22.4 Å². The van der Waals surface area contributed by atoms with E-state index in [0.29, 0.717) is 42.9 Å². The number of hydrogen-bond acceptors (Lipinski definition) is 5. The fourth-order valence-corrected chi connectivity index (χ4v) is 3.91. The summed E-state index contributed by atoms with van der Waals surface area (Å²) in [7, 11) is 0. The van der Waals surface area contributed by atoms with E-state index < -0.39 is 17.8 Å². The van der Waals surface area contributed by atoms with Gasteiger partial charge in [-0.2, -0.15) is 18.4 Å². The summed E-state index contributed by atoms with van der Waals surface area (Å²) in [5, 5.41) is 8.95. The molecule has 170 valence electrons. The zero-order valence-electron chi connectivity index (χ0n) is 17.9. The minimum Gasteiger partial charge on any atom is -0.353 e. The van der Waals surface area contributed by atoms with Crippen molar-refractivity contribution in [2.75, 3.05) is 37.6 Å². The van der Waals surface area contributed by atoms with E-state index in [1.165, 1.54) is 24.3 Å². The van der Waals surface area contributed by atoms with Crippen molar-refractivity contribution in [3.8, 4) is 28.5 Å². The molecule has 0 radical (unpaired) electrons. The van der Waals surface area contributed by atoms with Crippen LogP contribution in [-0.4, -0.2) is 47.6 Å². The Balaban J connectivity index is 1.94. The van der Waals surface area contributed by atoms with E-state index in [9.17, 15) is 17.6 Å². The number of piperazine rings is 1. The van der Waals surface area contributed by atoms with Gasteiger partial charge in [0.05, 0.1) is 23.9 Å². The van der Waals surface area contributed by atoms with Gasteiger partial charge in [0.2, 0.25) is 5.82 Å². The summed E-state index contributed by atoms with van der Waals surface area (Å²) in [6.45, 7) is 4.04. The molecule has 0 N–H and O–H groups in total. The van der Waals surface area contributed by atoms with Gasteiger partial charge in [-0.25, -0.2) is 14.4 Å². The number of hydrogen-bond donors (Lipinski definition) is 0. The predicted octanol–water partition coefficient (Wildman–Crippen LogP) is 4.92. The first-order valence-electron chi connectivity index (χ1n) is 10.4. The van der Waals surface area contributed by atoms with Crippen molar-refractivity contribution in [1.29, 1.82) is 5.26 Å². The fraction of sp³-hybridized carbons (Fsp3) is 0.292. The number of nitrogens with zero attached hydrogens (tertiary/aromatic N) is 5. The molecule has 0 bridgehead atoms. The van der Waals surface area contributed by atoms with Gasteiger partial charge in [-0.3, -0.25) is 4.90 Å². The van der Waals surface area contributed by atoms with Crippen LogP contribution >= 0.6 is 0 Å². The van der Waals surface area contributed by atoms with E-state index in [1.54, 1.807) is 11.0 Å². The van der Waals surface area contributed by atoms with E-state index >= 15 is 0 Å². The first-order valence-corrected chi connectivity index (χ1v) is 10.4. The number of aromatic nitrogens is 2. The average Bonchev–Trinajstić information content (AvgIpc) is 2.79. The highest BCUT2D eigenvalue weighted by Crippen LogP contribution is 2.40. The van der Waals surface area contributed by atoms with Crippen LogP contribution in [0.1, 0.15) is 11.4 Å². The lowest BCUT2D eigenvalue weighted by Crippen LogP contribution is -2.47. The number of anilines is 1. The van der Waals surface area contributed by atoms with E-state index in [2.05, 4.69) is 16.0 Å². The Hall–Kier alpha value is -3.51. The summed E-state index contributed by atoms with van der Waals surface area (Å²) in [6.07, 6.45) is -4.75. The van der Waals surface area contributed by atoms with Crippen LogP contribution in [0.5, 0.6) is 0 Å². The second-order valence-electron chi connectivity index (χ2n) is 7.89. The van der Waals surface area contributed by atoms with Crippen LogP contribution in [0.4, 0.5) is 23.4 Å². The third-order valence-electron chi connectivity index (χ3n) is 5.53. The maximum Gasteiger partial charge on any atom is 0.451 e. The number of nitriles is 1. The van der Waals surface area contributed by atoms with Crippen molar-refractivity contribution >= 4 is 5.82 Å². The Morgan fingerprint density at radius 1 is 0.970 bits per heavy atom. The first kappa shape index (κ1) is 22.7. The summed E-state index contributed by atoms with van der Waals surface area (Å²) in [5.74, 6) is -1.55. The lowest BCUT2D eigenvalue weighted by Gasteiger charge is -2.35. The van der Waals surface area contributed by atoms with Gasteiger partial charge >= 0.3 is 6.18 Å². The quantitative estimate of drug-likeness (QED) is 0.413. The largest absolute Gasteiger partial charge is 0.451 e. The number of benzene rings is 2. The summed E-state index contributed by atoms with van der Waals surface area (Å²) >= 11 is 0. The van der Waals surface area contributed by atoms with Crippen LogP contribution < -0.4 is 4.90 Å². The molecule has 1 fully saturated rings. The molecule has 4 rings (SSSR count). The number of alkyl halides is 3. The molecule has 33 heavy (non-hydrogen) atoms. The average molecular weight is 455 g/mol. The molecule has 3 aromatic rings. The van der Waals surface area contributed by atoms with Crippen molar-refractivity contribution in [3.05, 3.63) is 65.7 Å². The minimum atomic E-state index is -4.75. The lowest BCUT2D eigenvalue weighted by molar-refractivity contribution is -0.144. The predicted molar refractivity (Wildman–Crippen MR) is 117 cm³/mol. The Morgan fingerprint density at radius 2 is 1.67 bits per heavy atom. The molecule has 1 aliphatic rings. The number of halogens is 4. The maximum absolute atomic E-state index is 13.8. The third kappa shape index (κ3) is 4.96. The van der Waals surface area contributed by atoms with Gasteiger partial charge in [0.25, 0.3) is 0 Å². The van der Waals surface area contributed by atoms with Crippen LogP contribution in [-0.2, 0) is 6.18 Å². The molecule has 2 aromatic carbocycles. The van der Waals surface area contributed by atoms with E-state index in [-0.39, 0.29) is 18.1 Å². The van der Waals surface area contributed by atoms with Crippen molar-refractivity contribution in [1.82, 2.24) is 14.9 Å². The minimum absolute atomic E-state index is 0.0948. The molecule has 1 aliphatic heterocycles. The molecule has 0 spiro atoms. The van der Waals surface area contributed by atoms with E-state index in [1.807, 2.05) is 30.0 Å². The molecule has 0 amide bonds. The van der Waals surface area contributed by atoms with Crippen molar-refractivity contribution in [3.63, 3.8) is 0 Å². The van der Waals surface area contributed by atoms with Crippen LogP contribution in [0, 0.1) is 24.1 Å². The summed E-state index contributed by atoms with van der Waals surface area (Å²) in [6, 6.07) is 14.7. The van der Waals surface area contributed by atoms with Gasteiger partial charge in [0.15, 0.2) is 0 Å². The van der Waals surface area contributed by atoms with Crippen LogP contribution in [0.2, 0.25) is 0 Å². The molecule has 1 saturated heterocycles. The number of aryl methyl sites for hydroxylation is 1. The molecular formula is C24H21F4N5. The molecule has 0 unspecified atom stereocenters. The highest BCUT2D eigenvalue weighted by atomic mass is 19.4. The second kappa shape index (κ2) is 9.16. The highest BCUT2D eigenvalue weighted by Gasteiger charge is 2.38. The highest BCUT2D eigenvalue weighted by molar-refractivity contribution is 5.89. The zero-order chi connectivity index (χ0) is 23.6. The van der Waals surface area contributed by atoms with Gasteiger partial charge in [0, 0.05) is 31.7 Å². The zero-order valence-corrected chi connectivity index (χ0v) is 17.9. The van der Waals surface area contributed by atoms with Crippen molar-refractivity contribution in [2.24, 2.45) is 0 Å². The molecule has 5 nitrogen and oxygen atoms in total. The molecule has 2 heterocycles. The molecule has 0 saturated carbocycles. The first-order chi connectivity index (χ1) is 15.8. The summed E-state index contributed by atoms with van der Waals surface area (Å²) in [4.78, 5) is 11.6. The Bertz CT molecular complexity index is 1180. The monoisotopic (exact) mass is 455 g/mol. The lowest BCUT2D eigenvalue weighted by atomic mass is 9.97. The van der Waals surface area contributed by atoms with Gasteiger partial charge in [-0.1, -0.05) is 29.8 Å². The summed E-state index contributed by atoms with van der Waals surface area (Å²) < 4.78 is 55.0. The van der Waals surface area contributed by atoms with Crippen LogP contribution in [0.15, 0.2) is 48.5 Å². The SMILES string of the molecule is Cc1cccc(-c2c(-c3ccc(F)cc3)nc(C(F)(F)F)nc2N2CCN(CC#N)CC2)c1. The van der Waals surface area contributed by atoms with E-state index in [4.69, 9.17) is 5.26 Å². The molecule has 0 atom stereocenters. The molecule has 1 aromatic heterocycles. The van der Waals surface area contributed by atoms with Gasteiger partial charge < -0.3 is 4.90 Å². The standard InChI is InChI=1S/C24H21F4N5/c1-16-3-2-4-18(15-16)20-21(17-5-7-19(25)8-6-17)30-23(24(26,27)28)31-22(20)33-13-11-32(10-9-29)12-14-33/h2-8,15H,10-14H2,1H3. The Labute approximate surface area is 188 Å². The normalized spacial score (nSPS) is 14.8. The van der Waals surface area contributed by atoms with Crippen molar-refractivity contribution < 1.29 is 17.6 Å². The maximum atomic E-state index is 13.8.